The summed E-state index contributed by atoms with van der Waals surface area (Å²) in [5.41, 5.74) is 0.431. The van der Waals surface area contributed by atoms with Crippen LogP contribution in [-0.2, 0) is 0 Å². The fourth-order valence-electron chi connectivity index (χ4n) is 1.70. The highest BCUT2D eigenvalue weighted by Gasteiger charge is 2.20. The van der Waals surface area contributed by atoms with Gasteiger partial charge in [-0.3, -0.25) is 4.79 Å². The molecule has 0 unspecified atom stereocenters. The van der Waals surface area contributed by atoms with E-state index in [-0.39, 0.29) is 11.4 Å². The molecule has 2 nitrogen and oxygen atoms in total. The molecule has 1 aromatic carbocycles. The zero-order valence-corrected chi connectivity index (χ0v) is 13.2. The van der Waals surface area contributed by atoms with Gasteiger partial charge in [0.25, 0.3) is 5.91 Å². The molecule has 17 heavy (non-hydrogen) atoms. The second-order valence-electron chi connectivity index (χ2n) is 4.72. The smallest absolute Gasteiger partial charge is 0.251 e. The van der Waals surface area contributed by atoms with E-state index < -0.39 is 0 Å². The molecule has 0 bridgehead atoms. The fraction of sp³-hybridized carbons (Fsp3) is 0.462. The molecule has 1 aromatic rings. The minimum atomic E-state index is -0.179. The molecule has 1 rings (SSSR count). The summed E-state index contributed by atoms with van der Waals surface area (Å²) in [5.74, 6) is -0.0678. The van der Waals surface area contributed by atoms with Gasteiger partial charge in [0.15, 0.2) is 0 Å². The van der Waals surface area contributed by atoms with Gasteiger partial charge in [0.1, 0.15) is 0 Å². The average molecular weight is 366 g/mol. The molecular weight excluding hydrogens is 349 g/mol. The highest BCUT2D eigenvalue weighted by Crippen LogP contribution is 2.20. The molecule has 0 atom stereocenters. The first-order chi connectivity index (χ1) is 7.85. The number of carbonyl (C=O) groups excluding carboxylic acids is 1. The van der Waals surface area contributed by atoms with E-state index in [1.54, 1.807) is 12.1 Å². The third-order valence-corrected chi connectivity index (χ3v) is 4.08. The molecule has 0 radical (unpaired) electrons. The molecule has 0 aliphatic rings. The summed E-state index contributed by atoms with van der Waals surface area (Å²) in [6, 6.07) is 5.36. The Bertz CT molecular complexity index is 418. The highest BCUT2D eigenvalue weighted by atomic mass is 127. The van der Waals surface area contributed by atoms with Gasteiger partial charge in [0, 0.05) is 14.7 Å². The van der Waals surface area contributed by atoms with Crippen LogP contribution in [0.3, 0.4) is 0 Å². The van der Waals surface area contributed by atoms with Crippen LogP contribution in [0.1, 0.15) is 44.0 Å². The van der Waals surface area contributed by atoms with Crippen LogP contribution in [0.5, 0.6) is 0 Å². The first-order valence-electron chi connectivity index (χ1n) is 5.63. The molecule has 0 aliphatic heterocycles. The van der Waals surface area contributed by atoms with Gasteiger partial charge in [-0.05, 0) is 61.1 Å². The van der Waals surface area contributed by atoms with E-state index in [1.807, 2.05) is 19.9 Å². The van der Waals surface area contributed by atoms with Crippen molar-refractivity contribution in [3.8, 4) is 0 Å². The van der Waals surface area contributed by atoms with Crippen LogP contribution in [0.4, 0.5) is 0 Å². The largest absolute Gasteiger partial charge is 0.347 e. The van der Waals surface area contributed by atoms with Crippen molar-refractivity contribution in [1.29, 1.82) is 0 Å². The van der Waals surface area contributed by atoms with Crippen LogP contribution in [0, 0.1) is 3.57 Å². The zero-order chi connectivity index (χ0) is 13.1. The van der Waals surface area contributed by atoms with Crippen LogP contribution in [-0.4, -0.2) is 11.4 Å². The molecule has 0 fully saturated rings. The second kappa shape index (κ2) is 6.05. The summed E-state index contributed by atoms with van der Waals surface area (Å²) in [6.07, 6.45) is 2.00. The van der Waals surface area contributed by atoms with Gasteiger partial charge in [-0.1, -0.05) is 24.9 Å². The van der Waals surface area contributed by atoms with E-state index in [0.717, 1.165) is 16.4 Å². The molecule has 0 saturated carbocycles. The van der Waals surface area contributed by atoms with E-state index in [2.05, 4.69) is 34.8 Å². The lowest BCUT2D eigenvalue weighted by Gasteiger charge is -2.25. The number of benzene rings is 1. The maximum Gasteiger partial charge on any atom is 0.251 e. The van der Waals surface area contributed by atoms with E-state index in [9.17, 15) is 4.79 Å². The van der Waals surface area contributed by atoms with Crippen molar-refractivity contribution in [2.24, 2.45) is 0 Å². The van der Waals surface area contributed by atoms with Gasteiger partial charge in [0.05, 0.1) is 5.02 Å². The Kier molecular flexibility index (Phi) is 5.25. The number of nitrogens with one attached hydrogen (secondary N) is 1. The predicted molar refractivity (Wildman–Crippen MR) is 80.6 cm³/mol. The lowest BCUT2D eigenvalue weighted by atomic mass is 9.98. The molecule has 0 aromatic heterocycles. The second-order valence-corrected chi connectivity index (χ2v) is 6.29. The molecule has 0 aliphatic carbocycles. The Hall–Kier alpha value is -0.290. The van der Waals surface area contributed by atoms with Crippen molar-refractivity contribution < 1.29 is 4.79 Å². The number of halogens is 2. The number of carbonyl (C=O) groups is 1. The molecule has 94 valence electrons. The van der Waals surface area contributed by atoms with Crippen molar-refractivity contribution in [2.75, 3.05) is 0 Å². The number of hydrogen-bond acceptors (Lipinski definition) is 1. The topological polar surface area (TPSA) is 29.1 Å². The third-order valence-electron chi connectivity index (χ3n) is 2.51. The molecule has 1 amide bonds. The van der Waals surface area contributed by atoms with Gasteiger partial charge in [-0.25, -0.2) is 0 Å². The fourth-order valence-corrected chi connectivity index (χ4v) is 2.22. The third kappa shape index (κ3) is 4.47. The quantitative estimate of drug-likeness (QED) is 0.794. The molecule has 0 spiro atoms. The van der Waals surface area contributed by atoms with Crippen LogP contribution < -0.4 is 5.32 Å². The zero-order valence-electron chi connectivity index (χ0n) is 10.3. The summed E-state index contributed by atoms with van der Waals surface area (Å²) < 4.78 is 0.952. The van der Waals surface area contributed by atoms with E-state index in [0.29, 0.717) is 10.6 Å². The monoisotopic (exact) mass is 365 g/mol. The van der Waals surface area contributed by atoms with Gasteiger partial charge in [0.2, 0.25) is 0 Å². The van der Waals surface area contributed by atoms with Gasteiger partial charge < -0.3 is 5.32 Å². The first kappa shape index (κ1) is 14.8. The van der Waals surface area contributed by atoms with Crippen LogP contribution in [0.15, 0.2) is 18.2 Å². The molecule has 1 N–H and O–H groups in total. The average Bonchev–Trinajstić information content (AvgIpc) is 2.21. The normalized spacial score (nSPS) is 11.4. The lowest BCUT2D eigenvalue weighted by Crippen LogP contribution is -2.43. The highest BCUT2D eigenvalue weighted by molar-refractivity contribution is 14.1. The standard InChI is InChI=1S/C13H17ClINO/c1-4-7-13(2,3)16-12(17)9-5-6-11(15)10(14)8-9/h5-6,8H,4,7H2,1-3H3,(H,16,17). The van der Waals surface area contributed by atoms with Crippen LogP contribution >= 0.6 is 34.2 Å². The lowest BCUT2D eigenvalue weighted by molar-refractivity contribution is 0.0909. The Morgan fingerprint density at radius 3 is 2.65 bits per heavy atom. The Labute approximate surface area is 121 Å². The number of hydrogen-bond donors (Lipinski definition) is 1. The number of rotatable bonds is 4. The molecular formula is C13H17ClINO. The summed E-state index contributed by atoms with van der Waals surface area (Å²) in [5, 5.41) is 3.64. The summed E-state index contributed by atoms with van der Waals surface area (Å²) >= 11 is 8.15. The van der Waals surface area contributed by atoms with Crippen LogP contribution in [0.2, 0.25) is 5.02 Å². The van der Waals surface area contributed by atoms with Gasteiger partial charge >= 0.3 is 0 Å². The predicted octanol–water partition coefficient (Wildman–Crippen LogP) is 4.25. The van der Waals surface area contributed by atoms with Crippen molar-refractivity contribution in [3.63, 3.8) is 0 Å². The van der Waals surface area contributed by atoms with Crippen molar-refractivity contribution in [3.05, 3.63) is 32.4 Å². The van der Waals surface area contributed by atoms with Crippen LogP contribution in [0.25, 0.3) is 0 Å². The van der Waals surface area contributed by atoms with E-state index in [1.165, 1.54) is 0 Å². The SMILES string of the molecule is CCCC(C)(C)NC(=O)c1ccc(I)c(Cl)c1. The van der Waals surface area contributed by atoms with Crippen molar-refractivity contribution >= 4 is 40.1 Å². The molecule has 4 heteroatoms. The minimum Gasteiger partial charge on any atom is -0.347 e. The van der Waals surface area contributed by atoms with E-state index in [4.69, 9.17) is 11.6 Å². The Morgan fingerprint density at radius 1 is 1.47 bits per heavy atom. The van der Waals surface area contributed by atoms with Gasteiger partial charge in [-0.2, -0.15) is 0 Å². The molecule has 0 heterocycles. The van der Waals surface area contributed by atoms with E-state index >= 15 is 0 Å². The van der Waals surface area contributed by atoms with Crippen molar-refractivity contribution in [2.45, 2.75) is 39.2 Å². The Balaban J connectivity index is 2.80. The van der Waals surface area contributed by atoms with Crippen molar-refractivity contribution in [1.82, 2.24) is 5.32 Å². The summed E-state index contributed by atoms with van der Waals surface area (Å²) in [4.78, 5) is 12.0. The maximum absolute atomic E-state index is 12.0. The first-order valence-corrected chi connectivity index (χ1v) is 7.09. The maximum atomic E-state index is 12.0. The summed E-state index contributed by atoms with van der Waals surface area (Å²) in [7, 11) is 0. The Morgan fingerprint density at radius 2 is 2.12 bits per heavy atom. The summed E-state index contributed by atoms with van der Waals surface area (Å²) in [6.45, 7) is 6.17. The number of amides is 1. The van der Waals surface area contributed by atoms with Gasteiger partial charge in [-0.15, -0.1) is 0 Å². The molecule has 0 saturated heterocycles. The minimum absolute atomic E-state index is 0.0678.